The molecule has 0 unspecified atom stereocenters. The highest BCUT2D eigenvalue weighted by Crippen LogP contribution is 2.28. The lowest BCUT2D eigenvalue weighted by atomic mass is 10.0. The standard InChI is InChI=1S/C15H13FN4/c1-3-17-15-6-10-4-13(12-8-19-20(2)9-12)14(16)5-11(10)7-18-15/h3-9H,1H2,2H3,(H,17,18). The number of fused-ring (bicyclic) bond motifs is 1. The third-order valence-corrected chi connectivity index (χ3v) is 3.07. The van der Waals surface area contributed by atoms with Gasteiger partial charge in [-0.3, -0.25) is 4.68 Å². The van der Waals surface area contributed by atoms with Gasteiger partial charge in [-0.15, -0.1) is 0 Å². The van der Waals surface area contributed by atoms with Crippen molar-refractivity contribution < 1.29 is 4.39 Å². The summed E-state index contributed by atoms with van der Waals surface area (Å²) in [6.07, 6.45) is 6.62. The van der Waals surface area contributed by atoms with E-state index in [9.17, 15) is 4.39 Å². The van der Waals surface area contributed by atoms with Gasteiger partial charge in [-0.2, -0.15) is 5.10 Å². The first-order chi connectivity index (χ1) is 9.67. The number of nitrogens with one attached hydrogen (secondary N) is 1. The zero-order valence-electron chi connectivity index (χ0n) is 11.0. The molecule has 0 amide bonds. The van der Waals surface area contributed by atoms with Gasteiger partial charge < -0.3 is 5.32 Å². The summed E-state index contributed by atoms with van der Waals surface area (Å²) >= 11 is 0. The van der Waals surface area contributed by atoms with E-state index in [0.29, 0.717) is 11.4 Å². The highest BCUT2D eigenvalue weighted by Gasteiger charge is 2.09. The molecule has 1 N–H and O–H groups in total. The van der Waals surface area contributed by atoms with Crippen molar-refractivity contribution in [2.45, 2.75) is 0 Å². The Morgan fingerprint density at radius 3 is 2.80 bits per heavy atom. The summed E-state index contributed by atoms with van der Waals surface area (Å²) in [7, 11) is 1.80. The van der Waals surface area contributed by atoms with E-state index in [-0.39, 0.29) is 5.82 Å². The lowest BCUT2D eigenvalue weighted by Crippen LogP contribution is -1.91. The number of nitrogens with zero attached hydrogens (tertiary/aromatic N) is 3. The van der Waals surface area contributed by atoms with E-state index in [1.54, 1.807) is 42.6 Å². The Morgan fingerprint density at radius 2 is 2.10 bits per heavy atom. The monoisotopic (exact) mass is 268 g/mol. The number of benzene rings is 1. The Kier molecular flexibility index (Phi) is 2.95. The van der Waals surface area contributed by atoms with Crippen LogP contribution in [0.2, 0.25) is 0 Å². The zero-order chi connectivity index (χ0) is 14.1. The molecule has 0 fully saturated rings. The smallest absolute Gasteiger partial charge is 0.131 e. The summed E-state index contributed by atoms with van der Waals surface area (Å²) in [4.78, 5) is 4.18. The van der Waals surface area contributed by atoms with Crippen molar-refractivity contribution in [1.29, 1.82) is 0 Å². The Morgan fingerprint density at radius 1 is 1.25 bits per heavy atom. The zero-order valence-corrected chi connectivity index (χ0v) is 11.0. The Labute approximate surface area is 115 Å². The molecule has 0 aliphatic rings. The van der Waals surface area contributed by atoms with Crippen LogP contribution < -0.4 is 5.32 Å². The molecule has 0 radical (unpaired) electrons. The second kappa shape index (κ2) is 4.77. The second-order valence-electron chi connectivity index (χ2n) is 4.50. The van der Waals surface area contributed by atoms with Crippen molar-refractivity contribution in [3.63, 3.8) is 0 Å². The van der Waals surface area contributed by atoms with Crippen molar-refractivity contribution in [3.8, 4) is 11.1 Å². The van der Waals surface area contributed by atoms with Crippen LogP contribution in [0.1, 0.15) is 0 Å². The van der Waals surface area contributed by atoms with Gasteiger partial charge in [0.05, 0.1) is 6.20 Å². The maximum Gasteiger partial charge on any atom is 0.131 e. The first-order valence-corrected chi connectivity index (χ1v) is 6.13. The molecular weight excluding hydrogens is 255 g/mol. The minimum absolute atomic E-state index is 0.281. The number of halogens is 1. The van der Waals surface area contributed by atoms with Crippen molar-refractivity contribution in [2.24, 2.45) is 7.05 Å². The second-order valence-corrected chi connectivity index (χ2v) is 4.50. The highest BCUT2D eigenvalue weighted by atomic mass is 19.1. The third-order valence-electron chi connectivity index (χ3n) is 3.07. The average molecular weight is 268 g/mol. The number of pyridine rings is 1. The van der Waals surface area contributed by atoms with Gasteiger partial charge in [0.1, 0.15) is 11.6 Å². The van der Waals surface area contributed by atoms with Crippen LogP contribution in [0.4, 0.5) is 10.2 Å². The van der Waals surface area contributed by atoms with Crippen LogP contribution in [-0.4, -0.2) is 14.8 Å². The van der Waals surface area contributed by atoms with E-state index in [4.69, 9.17) is 0 Å². The van der Waals surface area contributed by atoms with Gasteiger partial charge in [0.2, 0.25) is 0 Å². The van der Waals surface area contributed by atoms with E-state index in [0.717, 1.165) is 16.3 Å². The fourth-order valence-electron chi connectivity index (χ4n) is 2.13. The fraction of sp³-hybridized carbons (Fsp3) is 0.0667. The predicted molar refractivity (Wildman–Crippen MR) is 77.7 cm³/mol. The molecule has 0 aliphatic carbocycles. The number of hydrogen-bond donors (Lipinski definition) is 1. The summed E-state index contributed by atoms with van der Waals surface area (Å²) in [5, 5.41) is 8.65. The van der Waals surface area contributed by atoms with Gasteiger partial charge in [-0.1, -0.05) is 6.58 Å². The summed E-state index contributed by atoms with van der Waals surface area (Å²) in [6, 6.07) is 5.15. The van der Waals surface area contributed by atoms with Gasteiger partial charge in [0, 0.05) is 36.0 Å². The van der Waals surface area contributed by atoms with Gasteiger partial charge >= 0.3 is 0 Å². The first kappa shape index (κ1) is 12.3. The van der Waals surface area contributed by atoms with Gasteiger partial charge in [-0.05, 0) is 29.8 Å². The van der Waals surface area contributed by atoms with Crippen LogP contribution in [-0.2, 0) is 7.05 Å². The highest BCUT2D eigenvalue weighted by molar-refractivity contribution is 5.88. The maximum absolute atomic E-state index is 14.2. The van der Waals surface area contributed by atoms with Crippen molar-refractivity contribution in [3.05, 3.63) is 55.4 Å². The molecule has 0 atom stereocenters. The summed E-state index contributed by atoms with van der Waals surface area (Å²) in [6.45, 7) is 3.60. The fourth-order valence-corrected chi connectivity index (χ4v) is 2.13. The predicted octanol–water partition coefficient (Wildman–Crippen LogP) is 3.33. The summed E-state index contributed by atoms with van der Waals surface area (Å²) < 4.78 is 15.8. The number of aromatic nitrogens is 3. The largest absolute Gasteiger partial charge is 0.347 e. The lowest BCUT2D eigenvalue weighted by molar-refractivity contribution is 0.633. The van der Waals surface area contributed by atoms with Gasteiger partial charge in [0.25, 0.3) is 0 Å². The molecule has 0 spiro atoms. The van der Waals surface area contributed by atoms with Gasteiger partial charge in [0.15, 0.2) is 0 Å². The van der Waals surface area contributed by atoms with E-state index in [1.165, 1.54) is 6.07 Å². The van der Waals surface area contributed by atoms with Crippen LogP contribution in [0.15, 0.2) is 49.6 Å². The average Bonchev–Trinajstić information content (AvgIpc) is 2.85. The molecule has 0 saturated carbocycles. The Balaban J connectivity index is 2.17. The first-order valence-electron chi connectivity index (χ1n) is 6.13. The van der Waals surface area contributed by atoms with Crippen molar-refractivity contribution >= 4 is 16.6 Å². The molecule has 2 aromatic heterocycles. The Hall–Kier alpha value is -2.69. The quantitative estimate of drug-likeness (QED) is 0.792. The van der Waals surface area contributed by atoms with E-state index < -0.39 is 0 Å². The van der Waals surface area contributed by atoms with Crippen LogP contribution in [0.5, 0.6) is 0 Å². The van der Waals surface area contributed by atoms with E-state index >= 15 is 0 Å². The topological polar surface area (TPSA) is 42.7 Å². The molecule has 100 valence electrons. The van der Waals surface area contributed by atoms with Crippen molar-refractivity contribution in [2.75, 3.05) is 5.32 Å². The lowest BCUT2D eigenvalue weighted by Gasteiger charge is -2.06. The molecule has 2 heterocycles. The number of aryl methyl sites for hydroxylation is 1. The van der Waals surface area contributed by atoms with E-state index in [2.05, 4.69) is 22.0 Å². The summed E-state index contributed by atoms with van der Waals surface area (Å²) in [5.74, 6) is 0.396. The minimum Gasteiger partial charge on any atom is -0.347 e. The third kappa shape index (κ3) is 2.14. The van der Waals surface area contributed by atoms with Gasteiger partial charge in [-0.25, -0.2) is 9.37 Å². The molecule has 20 heavy (non-hydrogen) atoms. The number of hydrogen-bond acceptors (Lipinski definition) is 3. The molecule has 0 aliphatic heterocycles. The minimum atomic E-state index is -0.281. The normalized spacial score (nSPS) is 10.7. The molecular formula is C15H13FN4. The molecule has 1 aromatic carbocycles. The molecule has 0 bridgehead atoms. The summed E-state index contributed by atoms with van der Waals surface area (Å²) in [5.41, 5.74) is 1.28. The molecule has 4 nitrogen and oxygen atoms in total. The molecule has 0 saturated heterocycles. The van der Waals surface area contributed by atoms with Crippen molar-refractivity contribution in [1.82, 2.24) is 14.8 Å². The molecule has 3 rings (SSSR count). The SMILES string of the molecule is C=CNc1cc2cc(-c3cnn(C)c3)c(F)cc2cn1. The molecule has 5 heteroatoms. The molecule has 3 aromatic rings. The van der Waals surface area contributed by atoms with Crippen LogP contribution in [0, 0.1) is 5.82 Å². The van der Waals surface area contributed by atoms with Crippen LogP contribution >= 0.6 is 0 Å². The maximum atomic E-state index is 14.2. The van der Waals surface area contributed by atoms with Crippen LogP contribution in [0.3, 0.4) is 0 Å². The van der Waals surface area contributed by atoms with Crippen LogP contribution in [0.25, 0.3) is 21.9 Å². The number of anilines is 1. The Bertz CT molecular complexity index is 792. The van der Waals surface area contributed by atoms with E-state index in [1.807, 2.05) is 6.07 Å². The number of rotatable bonds is 3.